The summed E-state index contributed by atoms with van der Waals surface area (Å²) in [5.41, 5.74) is 1.05. The first-order chi connectivity index (χ1) is 9.72. The summed E-state index contributed by atoms with van der Waals surface area (Å²) < 4.78 is 5.42. The molecule has 1 heterocycles. The Morgan fingerprint density at radius 1 is 1.20 bits per heavy atom. The van der Waals surface area contributed by atoms with Crippen molar-refractivity contribution >= 4 is 0 Å². The zero-order valence-electron chi connectivity index (χ0n) is 12.9. The van der Waals surface area contributed by atoms with Gasteiger partial charge >= 0.3 is 0 Å². The highest BCUT2D eigenvalue weighted by molar-refractivity contribution is 5.23. The maximum absolute atomic E-state index is 5.42. The van der Waals surface area contributed by atoms with Crippen LogP contribution >= 0.6 is 0 Å². The summed E-state index contributed by atoms with van der Waals surface area (Å²) in [6.07, 6.45) is 9.89. The van der Waals surface area contributed by atoms with Gasteiger partial charge in [0, 0.05) is 24.4 Å². The van der Waals surface area contributed by atoms with Crippen LogP contribution in [0.3, 0.4) is 0 Å². The molecule has 0 aliphatic heterocycles. The van der Waals surface area contributed by atoms with E-state index < -0.39 is 0 Å². The predicted octanol–water partition coefficient (Wildman–Crippen LogP) is 3.15. The first-order valence-corrected chi connectivity index (χ1v) is 7.80. The van der Waals surface area contributed by atoms with Gasteiger partial charge in [0.05, 0.1) is 7.11 Å². The van der Waals surface area contributed by atoms with Crippen molar-refractivity contribution in [2.75, 3.05) is 13.7 Å². The molecule has 0 amide bonds. The molecule has 0 bridgehead atoms. The number of nitrogens with zero attached hydrogens (tertiary/aromatic N) is 2. The molecule has 1 aromatic heterocycles. The van der Waals surface area contributed by atoms with Crippen molar-refractivity contribution in [3.63, 3.8) is 0 Å². The molecule has 2 unspecified atom stereocenters. The van der Waals surface area contributed by atoms with Crippen LogP contribution in [-0.2, 0) is 0 Å². The van der Waals surface area contributed by atoms with E-state index in [-0.39, 0.29) is 0 Å². The van der Waals surface area contributed by atoms with E-state index in [2.05, 4.69) is 29.1 Å². The van der Waals surface area contributed by atoms with E-state index in [1.165, 1.54) is 32.1 Å². The fourth-order valence-corrected chi connectivity index (χ4v) is 3.12. The van der Waals surface area contributed by atoms with E-state index in [9.17, 15) is 0 Å². The van der Waals surface area contributed by atoms with Gasteiger partial charge in [0.25, 0.3) is 0 Å². The molecule has 2 atom stereocenters. The molecule has 1 saturated carbocycles. The quantitative estimate of drug-likeness (QED) is 0.840. The number of nitrogens with one attached hydrogen (secondary N) is 1. The lowest BCUT2D eigenvalue weighted by molar-refractivity contribution is 0.334. The van der Waals surface area contributed by atoms with Crippen molar-refractivity contribution in [2.45, 2.75) is 57.9 Å². The van der Waals surface area contributed by atoms with Gasteiger partial charge in [-0.05, 0) is 25.3 Å². The molecular weight excluding hydrogens is 250 g/mol. The van der Waals surface area contributed by atoms with E-state index in [0.717, 1.165) is 12.2 Å². The minimum Gasteiger partial charge on any atom is -0.480 e. The van der Waals surface area contributed by atoms with Crippen LogP contribution in [-0.4, -0.2) is 29.7 Å². The van der Waals surface area contributed by atoms with Gasteiger partial charge in [0.2, 0.25) is 5.88 Å². The van der Waals surface area contributed by atoms with E-state index >= 15 is 0 Å². The van der Waals surface area contributed by atoms with Gasteiger partial charge in [-0.3, -0.25) is 4.98 Å². The molecule has 4 heteroatoms. The molecule has 20 heavy (non-hydrogen) atoms. The van der Waals surface area contributed by atoms with Gasteiger partial charge in [-0.1, -0.05) is 33.1 Å². The van der Waals surface area contributed by atoms with Crippen molar-refractivity contribution in [1.82, 2.24) is 15.3 Å². The van der Waals surface area contributed by atoms with E-state index in [4.69, 9.17) is 4.74 Å². The van der Waals surface area contributed by atoms with Crippen LogP contribution in [0.4, 0.5) is 0 Å². The van der Waals surface area contributed by atoms with Crippen LogP contribution in [0.1, 0.15) is 57.6 Å². The van der Waals surface area contributed by atoms with Crippen molar-refractivity contribution in [1.29, 1.82) is 0 Å². The fourth-order valence-electron chi connectivity index (χ4n) is 3.12. The van der Waals surface area contributed by atoms with E-state index in [1.807, 2.05) is 0 Å². The molecule has 0 saturated heterocycles. The van der Waals surface area contributed by atoms with Gasteiger partial charge in [-0.2, -0.15) is 0 Å². The summed E-state index contributed by atoms with van der Waals surface area (Å²) in [7, 11) is 1.69. The van der Waals surface area contributed by atoms with Crippen LogP contribution in [0.2, 0.25) is 0 Å². The van der Waals surface area contributed by atoms with Gasteiger partial charge in [-0.15, -0.1) is 0 Å². The Labute approximate surface area is 122 Å². The number of hydrogen-bond acceptors (Lipinski definition) is 4. The highest BCUT2D eigenvalue weighted by Gasteiger charge is 2.29. The maximum Gasteiger partial charge on any atom is 0.235 e. The summed E-state index contributed by atoms with van der Waals surface area (Å²) >= 11 is 0. The summed E-state index contributed by atoms with van der Waals surface area (Å²) in [5, 5.41) is 3.59. The number of methoxy groups -OCH3 is 1. The van der Waals surface area contributed by atoms with E-state index in [0.29, 0.717) is 23.8 Å². The third kappa shape index (κ3) is 3.92. The predicted molar refractivity (Wildman–Crippen MR) is 81.0 cm³/mol. The van der Waals surface area contributed by atoms with Gasteiger partial charge in [-0.25, -0.2) is 4.98 Å². The van der Waals surface area contributed by atoms with Crippen molar-refractivity contribution in [2.24, 2.45) is 5.92 Å². The number of ether oxygens (including phenoxy) is 1. The lowest BCUT2D eigenvalue weighted by Crippen LogP contribution is -2.32. The Morgan fingerprint density at radius 3 is 2.70 bits per heavy atom. The van der Waals surface area contributed by atoms with Gasteiger partial charge < -0.3 is 10.1 Å². The topological polar surface area (TPSA) is 47.0 Å². The van der Waals surface area contributed by atoms with Gasteiger partial charge in [0.1, 0.15) is 5.69 Å². The molecule has 2 rings (SSSR count). The highest BCUT2D eigenvalue weighted by Crippen LogP contribution is 2.38. The smallest absolute Gasteiger partial charge is 0.235 e. The van der Waals surface area contributed by atoms with Crippen LogP contribution in [0.25, 0.3) is 0 Å². The zero-order valence-corrected chi connectivity index (χ0v) is 12.9. The Morgan fingerprint density at radius 2 is 1.95 bits per heavy atom. The molecule has 1 fully saturated rings. The molecule has 0 spiro atoms. The van der Waals surface area contributed by atoms with Crippen molar-refractivity contribution in [3.8, 4) is 5.88 Å². The lowest BCUT2D eigenvalue weighted by atomic mass is 9.85. The Bertz CT molecular complexity index is 408. The second-order valence-electron chi connectivity index (χ2n) is 6.02. The lowest BCUT2D eigenvalue weighted by Gasteiger charge is -2.26. The minimum absolute atomic E-state index is 0.465. The molecule has 0 radical (unpaired) electrons. The normalized spacial score (nSPS) is 23.6. The van der Waals surface area contributed by atoms with Crippen LogP contribution in [0, 0.1) is 5.92 Å². The molecule has 4 nitrogen and oxygen atoms in total. The van der Waals surface area contributed by atoms with Crippen LogP contribution in [0.15, 0.2) is 12.4 Å². The SMILES string of the molecule is COc1nccnc1C1CCCCCC1CNC(C)C. The maximum atomic E-state index is 5.42. The summed E-state index contributed by atoms with van der Waals surface area (Å²) in [6, 6.07) is 0.530. The molecule has 1 aromatic rings. The third-order valence-corrected chi connectivity index (χ3v) is 4.18. The number of hydrogen-bond donors (Lipinski definition) is 1. The summed E-state index contributed by atoms with van der Waals surface area (Å²) in [4.78, 5) is 8.90. The van der Waals surface area contributed by atoms with Crippen molar-refractivity contribution < 1.29 is 4.74 Å². The summed E-state index contributed by atoms with van der Waals surface area (Å²) in [6.45, 7) is 5.46. The molecule has 1 aliphatic carbocycles. The second kappa shape index (κ2) is 7.58. The standard InChI is InChI=1S/C16H27N3O/c1-12(2)19-11-13-7-5-4-6-8-14(13)15-16(20-3)18-10-9-17-15/h9-10,12-14,19H,4-8,11H2,1-3H3. The average molecular weight is 277 g/mol. The van der Waals surface area contributed by atoms with Crippen LogP contribution < -0.4 is 10.1 Å². The Kier molecular flexibility index (Phi) is 5.77. The molecule has 1 N–H and O–H groups in total. The third-order valence-electron chi connectivity index (χ3n) is 4.18. The van der Waals surface area contributed by atoms with E-state index in [1.54, 1.807) is 19.5 Å². The molecule has 112 valence electrons. The minimum atomic E-state index is 0.465. The first kappa shape index (κ1) is 15.2. The second-order valence-corrected chi connectivity index (χ2v) is 6.02. The summed E-state index contributed by atoms with van der Waals surface area (Å²) in [5.74, 6) is 1.80. The van der Waals surface area contributed by atoms with Crippen LogP contribution in [0.5, 0.6) is 5.88 Å². The largest absolute Gasteiger partial charge is 0.480 e. The Hall–Kier alpha value is -1.16. The fraction of sp³-hybridized carbons (Fsp3) is 0.750. The highest BCUT2D eigenvalue weighted by atomic mass is 16.5. The monoisotopic (exact) mass is 277 g/mol. The number of aromatic nitrogens is 2. The zero-order chi connectivity index (χ0) is 14.4. The van der Waals surface area contributed by atoms with Crippen molar-refractivity contribution in [3.05, 3.63) is 18.1 Å². The molecular formula is C16H27N3O. The molecule has 1 aliphatic rings. The average Bonchev–Trinajstić information content (AvgIpc) is 2.70. The Balaban J connectivity index is 2.18. The molecule has 0 aromatic carbocycles. The first-order valence-electron chi connectivity index (χ1n) is 7.80. The van der Waals surface area contributed by atoms with Gasteiger partial charge in [0.15, 0.2) is 0 Å². The number of rotatable bonds is 5.